The molecule has 2 aliphatic heterocycles. The van der Waals surface area contributed by atoms with E-state index >= 15 is 0 Å². The number of carbonyl (C=O) groups excluding carboxylic acids is 1. The van der Waals surface area contributed by atoms with Gasteiger partial charge in [-0.3, -0.25) is 4.99 Å². The van der Waals surface area contributed by atoms with Crippen LogP contribution < -0.4 is 5.32 Å². The minimum atomic E-state index is -0.445. The van der Waals surface area contributed by atoms with Crippen molar-refractivity contribution in [2.45, 2.75) is 71.4 Å². The molecule has 0 aromatic heterocycles. The van der Waals surface area contributed by atoms with Gasteiger partial charge in [0.2, 0.25) is 0 Å². The van der Waals surface area contributed by atoms with E-state index in [-0.39, 0.29) is 12.1 Å². The molecule has 0 bridgehead atoms. The van der Waals surface area contributed by atoms with Crippen molar-refractivity contribution in [2.24, 2.45) is 16.8 Å². The Morgan fingerprint density at radius 2 is 1.80 bits per heavy atom. The fourth-order valence-corrected chi connectivity index (χ4v) is 4.60. The molecule has 7 heteroatoms. The first-order valence-electron chi connectivity index (χ1n) is 12.0. The van der Waals surface area contributed by atoms with Crippen LogP contribution in [0, 0.1) is 11.8 Å². The van der Waals surface area contributed by atoms with E-state index < -0.39 is 5.60 Å². The predicted molar refractivity (Wildman–Crippen MR) is 122 cm³/mol. The van der Waals surface area contributed by atoms with Crippen LogP contribution in [-0.2, 0) is 4.74 Å². The fourth-order valence-electron chi connectivity index (χ4n) is 4.60. The monoisotopic (exact) mass is 421 g/mol. The summed E-state index contributed by atoms with van der Waals surface area (Å²) in [7, 11) is 1.88. The molecule has 0 radical (unpaired) electrons. The van der Waals surface area contributed by atoms with Gasteiger partial charge in [0, 0.05) is 45.8 Å². The second-order valence-electron chi connectivity index (χ2n) is 10.3. The topological polar surface area (TPSA) is 60.4 Å². The molecule has 0 aromatic carbocycles. The zero-order valence-electron chi connectivity index (χ0n) is 19.8. The lowest BCUT2D eigenvalue weighted by Gasteiger charge is -2.40. The molecule has 0 aromatic rings. The summed E-state index contributed by atoms with van der Waals surface area (Å²) in [5.74, 6) is 2.38. The summed E-state index contributed by atoms with van der Waals surface area (Å²) in [6, 6.07) is 0.266. The van der Waals surface area contributed by atoms with E-state index in [1.165, 1.54) is 32.4 Å². The summed E-state index contributed by atoms with van der Waals surface area (Å²) >= 11 is 0. The van der Waals surface area contributed by atoms with Gasteiger partial charge in [-0.2, -0.15) is 0 Å². The highest BCUT2D eigenvalue weighted by Crippen LogP contribution is 2.32. The number of nitrogens with zero attached hydrogens (tertiary/aromatic N) is 4. The maximum absolute atomic E-state index is 12.8. The number of amides is 1. The number of aliphatic imine (C=N–C) groups is 1. The molecule has 1 unspecified atom stereocenters. The lowest BCUT2D eigenvalue weighted by molar-refractivity contribution is 0.00928. The first kappa shape index (κ1) is 23.2. The van der Waals surface area contributed by atoms with Gasteiger partial charge in [0.15, 0.2) is 5.96 Å². The number of hydrogen-bond acceptors (Lipinski definition) is 4. The molecule has 7 nitrogen and oxygen atoms in total. The van der Waals surface area contributed by atoms with Crippen LogP contribution in [0.25, 0.3) is 0 Å². The van der Waals surface area contributed by atoms with E-state index in [2.05, 4.69) is 27.0 Å². The predicted octanol–water partition coefficient (Wildman–Crippen LogP) is 3.02. The number of hydrogen-bond donors (Lipinski definition) is 1. The number of rotatable bonds is 6. The Morgan fingerprint density at radius 3 is 2.33 bits per heavy atom. The van der Waals surface area contributed by atoms with Gasteiger partial charge in [-0.15, -0.1) is 0 Å². The van der Waals surface area contributed by atoms with Crippen molar-refractivity contribution in [1.29, 1.82) is 0 Å². The molecule has 3 fully saturated rings. The average molecular weight is 422 g/mol. The number of likely N-dealkylation sites (tertiary alicyclic amines) is 2. The third-order valence-corrected chi connectivity index (χ3v) is 6.56. The molecule has 1 aliphatic carbocycles. The Morgan fingerprint density at radius 1 is 1.10 bits per heavy atom. The van der Waals surface area contributed by atoms with Crippen LogP contribution in [-0.4, -0.2) is 91.3 Å². The van der Waals surface area contributed by atoms with Gasteiger partial charge in [-0.25, -0.2) is 4.79 Å². The highest BCUT2D eigenvalue weighted by Gasteiger charge is 2.35. The van der Waals surface area contributed by atoms with Gasteiger partial charge in [0.25, 0.3) is 0 Å². The van der Waals surface area contributed by atoms with E-state index in [1.807, 2.05) is 32.7 Å². The van der Waals surface area contributed by atoms with Crippen molar-refractivity contribution in [1.82, 2.24) is 20.0 Å². The van der Waals surface area contributed by atoms with Crippen LogP contribution >= 0.6 is 0 Å². The maximum Gasteiger partial charge on any atom is 0.410 e. The smallest absolute Gasteiger partial charge is 0.410 e. The third-order valence-electron chi connectivity index (χ3n) is 6.56. The summed E-state index contributed by atoms with van der Waals surface area (Å²) in [4.78, 5) is 24.3. The molecule has 2 saturated heterocycles. The standard InChI is InChI=1S/C23H43N5O2/c1-6-26-12-9-19(16-26)15-25-21(24-5)27-13-10-20(11-14-27)28(17-18-7-8-18)22(29)30-23(2,3)4/h18-20H,6-17H2,1-5H3,(H,24,25). The van der Waals surface area contributed by atoms with Gasteiger partial charge in [0.1, 0.15) is 5.60 Å². The minimum absolute atomic E-state index is 0.142. The Balaban J connectivity index is 1.49. The van der Waals surface area contributed by atoms with Crippen molar-refractivity contribution in [3.63, 3.8) is 0 Å². The first-order valence-corrected chi connectivity index (χ1v) is 12.0. The lowest BCUT2D eigenvalue weighted by Crippen LogP contribution is -2.53. The SMILES string of the molecule is CCN1CCC(CNC(=NC)N2CCC(N(CC3CC3)C(=O)OC(C)(C)C)CC2)C1. The van der Waals surface area contributed by atoms with Crippen molar-refractivity contribution in [2.75, 3.05) is 52.9 Å². The molecular formula is C23H43N5O2. The van der Waals surface area contributed by atoms with Crippen molar-refractivity contribution in [3.05, 3.63) is 0 Å². The molecule has 30 heavy (non-hydrogen) atoms. The summed E-state index contributed by atoms with van der Waals surface area (Å²) in [6.07, 6.45) is 5.55. The highest BCUT2D eigenvalue weighted by molar-refractivity contribution is 5.80. The molecular weight excluding hydrogens is 378 g/mol. The maximum atomic E-state index is 12.8. The highest BCUT2D eigenvalue weighted by atomic mass is 16.6. The number of carbonyl (C=O) groups is 1. The summed E-state index contributed by atoms with van der Waals surface area (Å²) in [5, 5.41) is 3.61. The van der Waals surface area contributed by atoms with Gasteiger partial charge in [-0.1, -0.05) is 6.92 Å². The van der Waals surface area contributed by atoms with Crippen LogP contribution in [0.2, 0.25) is 0 Å². The van der Waals surface area contributed by atoms with E-state index in [9.17, 15) is 4.79 Å². The van der Waals surface area contributed by atoms with E-state index in [0.717, 1.165) is 51.5 Å². The molecule has 1 amide bonds. The normalized spacial score (nSPS) is 24.2. The van der Waals surface area contributed by atoms with Crippen LogP contribution in [0.15, 0.2) is 4.99 Å². The van der Waals surface area contributed by atoms with Crippen LogP contribution in [0.5, 0.6) is 0 Å². The molecule has 1 saturated carbocycles. The molecule has 1 atom stereocenters. The van der Waals surface area contributed by atoms with Gasteiger partial charge < -0.3 is 24.8 Å². The zero-order valence-corrected chi connectivity index (χ0v) is 19.8. The summed E-state index contributed by atoms with van der Waals surface area (Å²) < 4.78 is 5.72. The number of ether oxygens (including phenoxy) is 1. The molecule has 0 spiro atoms. The van der Waals surface area contributed by atoms with Crippen LogP contribution in [0.4, 0.5) is 4.79 Å². The van der Waals surface area contributed by atoms with Crippen molar-refractivity contribution < 1.29 is 9.53 Å². The Labute approximate surface area is 183 Å². The lowest BCUT2D eigenvalue weighted by atomic mass is 10.0. The van der Waals surface area contributed by atoms with Gasteiger partial charge >= 0.3 is 6.09 Å². The Kier molecular flexibility index (Phi) is 7.88. The molecule has 3 rings (SSSR count). The average Bonchev–Trinajstić information content (AvgIpc) is 3.41. The molecule has 3 aliphatic rings. The molecule has 1 N–H and O–H groups in total. The van der Waals surface area contributed by atoms with Gasteiger partial charge in [0.05, 0.1) is 0 Å². The van der Waals surface area contributed by atoms with E-state index in [0.29, 0.717) is 11.8 Å². The first-order chi connectivity index (χ1) is 14.3. The number of piperidine rings is 1. The van der Waals surface area contributed by atoms with E-state index in [1.54, 1.807) is 0 Å². The fraction of sp³-hybridized carbons (Fsp3) is 0.913. The second kappa shape index (κ2) is 10.2. The van der Waals surface area contributed by atoms with Crippen LogP contribution in [0.3, 0.4) is 0 Å². The van der Waals surface area contributed by atoms with E-state index in [4.69, 9.17) is 4.74 Å². The Hall–Kier alpha value is -1.50. The second-order valence-corrected chi connectivity index (χ2v) is 10.3. The number of nitrogens with one attached hydrogen (secondary N) is 1. The van der Waals surface area contributed by atoms with Crippen molar-refractivity contribution in [3.8, 4) is 0 Å². The number of guanidine groups is 1. The Bertz CT molecular complexity index is 591. The quantitative estimate of drug-likeness (QED) is 0.528. The minimum Gasteiger partial charge on any atom is -0.444 e. The molecule has 2 heterocycles. The largest absolute Gasteiger partial charge is 0.444 e. The third kappa shape index (κ3) is 6.76. The van der Waals surface area contributed by atoms with Crippen molar-refractivity contribution >= 4 is 12.1 Å². The summed E-state index contributed by atoms with van der Waals surface area (Å²) in [6.45, 7) is 15.3. The zero-order chi connectivity index (χ0) is 21.7. The molecule has 172 valence electrons. The summed E-state index contributed by atoms with van der Waals surface area (Å²) in [5.41, 5.74) is -0.445. The van der Waals surface area contributed by atoms with Gasteiger partial charge in [-0.05, 0) is 77.8 Å². The van der Waals surface area contributed by atoms with Crippen LogP contribution in [0.1, 0.15) is 59.8 Å².